The topological polar surface area (TPSA) is 141 Å². The van der Waals surface area contributed by atoms with E-state index >= 15 is 0 Å². The number of hydrogen-bond acceptors (Lipinski definition) is 10. The van der Waals surface area contributed by atoms with Gasteiger partial charge in [0, 0.05) is 27.5 Å². The molecule has 4 N–H and O–H groups in total. The van der Waals surface area contributed by atoms with E-state index in [2.05, 4.69) is 168 Å². The van der Waals surface area contributed by atoms with Crippen molar-refractivity contribution in [2.24, 2.45) is 10.8 Å². The summed E-state index contributed by atoms with van der Waals surface area (Å²) in [5.41, 5.74) is 13.3. The van der Waals surface area contributed by atoms with Crippen molar-refractivity contribution < 1.29 is 15.3 Å². The molecule has 8 aromatic carbocycles. The minimum atomic E-state index is -1.08. The van der Waals surface area contributed by atoms with E-state index in [4.69, 9.17) is 20.4 Å². The van der Waals surface area contributed by atoms with Crippen molar-refractivity contribution in [3.05, 3.63) is 214 Å². The van der Waals surface area contributed by atoms with E-state index < -0.39 is 27.7 Å². The molecule has 0 atom stereocenters. The summed E-state index contributed by atoms with van der Waals surface area (Å²) in [4.78, 5) is 3.08. The van der Waals surface area contributed by atoms with Crippen LogP contribution in [0, 0.1) is 10.8 Å². The van der Waals surface area contributed by atoms with E-state index in [1.807, 2.05) is 114 Å². The zero-order chi connectivity index (χ0) is 59.2. The number of nitrogens with one attached hydrogen (secondary N) is 1. The predicted octanol–water partition coefficient (Wildman–Crippen LogP) is 16.7. The lowest BCUT2D eigenvalue weighted by atomic mass is 9.71. The van der Waals surface area contributed by atoms with Crippen molar-refractivity contribution in [1.29, 1.82) is 0 Å². The fourth-order valence-corrected chi connectivity index (χ4v) is 13.1. The van der Waals surface area contributed by atoms with Crippen molar-refractivity contribution in [3.8, 4) is 28.6 Å². The summed E-state index contributed by atoms with van der Waals surface area (Å²) in [5, 5.41) is 65.0. The molecule has 0 fully saturated rings. The van der Waals surface area contributed by atoms with Crippen LogP contribution in [-0.2, 0) is 21.7 Å². The van der Waals surface area contributed by atoms with Gasteiger partial charge in [0.2, 0.25) is 0 Å². The summed E-state index contributed by atoms with van der Waals surface area (Å²) in [6.45, 7) is 31.2. The molecule has 10 aromatic rings. The Kier molecular flexibility index (Phi) is 13.8. The number of aromatic nitrogens is 6. The van der Waals surface area contributed by atoms with Crippen molar-refractivity contribution in [2.75, 3.05) is 15.6 Å². The maximum atomic E-state index is 13.7. The van der Waals surface area contributed by atoms with Gasteiger partial charge in [-0.2, -0.15) is 5.12 Å². The number of nitrogens with zero attached hydrogens (tertiary/aromatic N) is 8. The largest absolute Gasteiger partial charge is 0.505 e. The SMILES string of the molecule is CC(C)(C)CC(C)(C)c1cc(C(c2cc(C(C)(C)CC(C)(C)C)cc(-n3nc4ccccc4n3)c2O)N2c3ccccc3NN2c2cc(C(C)(C)c3ccccc3)cc(C(C)(C)c3ccccc3)c2O)c(O)c(-n2nc3ccccc3n2)c1. The van der Waals surface area contributed by atoms with Crippen molar-refractivity contribution in [1.82, 2.24) is 30.0 Å². The first-order valence-electron chi connectivity index (χ1n) is 29.0. The molecular formula is C71H79N9O3. The molecule has 83 heavy (non-hydrogen) atoms. The number of anilines is 3. The number of aromatic hydroxyl groups is 3. The van der Waals surface area contributed by atoms with Gasteiger partial charge in [-0.3, -0.25) is 10.4 Å². The van der Waals surface area contributed by atoms with E-state index in [1.165, 1.54) is 9.59 Å². The highest BCUT2D eigenvalue weighted by Gasteiger charge is 2.44. The number of hydrazine groups is 2. The number of fused-ring (bicyclic) bond motifs is 3. The van der Waals surface area contributed by atoms with Gasteiger partial charge in [0.25, 0.3) is 0 Å². The van der Waals surface area contributed by atoms with Gasteiger partial charge in [0.05, 0.1) is 11.4 Å². The van der Waals surface area contributed by atoms with E-state index in [9.17, 15) is 15.3 Å². The predicted molar refractivity (Wildman–Crippen MR) is 337 cm³/mol. The third-order valence-electron chi connectivity index (χ3n) is 16.9. The van der Waals surface area contributed by atoms with Gasteiger partial charge in [0.15, 0.2) is 0 Å². The molecule has 0 unspecified atom stereocenters. The van der Waals surface area contributed by atoms with E-state index in [-0.39, 0.29) is 28.1 Å². The zero-order valence-electron chi connectivity index (χ0n) is 50.6. The molecule has 12 heteroatoms. The van der Waals surface area contributed by atoms with Crippen LogP contribution >= 0.6 is 0 Å². The monoisotopic (exact) mass is 1110 g/mol. The first-order chi connectivity index (χ1) is 39.1. The molecule has 2 aromatic heterocycles. The van der Waals surface area contributed by atoms with Crippen molar-refractivity contribution >= 4 is 39.1 Å². The Bertz CT molecular complexity index is 3830. The second kappa shape index (κ2) is 20.4. The third kappa shape index (κ3) is 10.5. The Morgan fingerprint density at radius 1 is 0.386 bits per heavy atom. The molecule has 3 heterocycles. The first kappa shape index (κ1) is 56.2. The summed E-state index contributed by atoms with van der Waals surface area (Å²) in [6, 6.07) is 55.6. The van der Waals surface area contributed by atoms with Crippen molar-refractivity contribution in [2.45, 2.75) is 137 Å². The minimum absolute atomic E-state index is 0.0605. The van der Waals surface area contributed by atoms with Crippen LogP contribution in [0.5, 0.6) is 17.2 Å². The molecule has 1 aliphatic heterocycles. The lowest BCUT2D eigenvalue weighted by Gasteiger charge is -2.41. The summed E-state index contributed by atoms with van der Waals surface area (Å²) >= 11 is 0. The normalized spacial score (nSPS) is 13.6. The van der Waals surface area contributed by atoms with Crippen LogP contribution in [-0.4, -0.2) is 45.3 Å². The highest BCUT2D eigenvalue weighted by molar-refractivity contribution is 5.86. The van der Waals surface area contributed by atoms with Crippen LogP contribution in [0.15, 0.2) is 170 Å². The van der Waals surface area contributed by atoms with E-state index in [0.717, 1.165) is 57.6 Å². The first-order valence-corrected chi connectivity index (χ1v) is 29.0. The maximum absolute atomic E-state index is 13.7. The Morgan fingerprint density at radius 2 is 0.771 bits per heavy atom. The second-order valence-electron chi connectivity index (χ2n) is 27.6. The van der Waals surface area contributed by atoms with Gasteiger partial charge < -0.3 is 15.3 Å². The number of phenolic OH excluding ortho intramolecular Hbond substituents is 3. The van der Waals surface area contributed by atoms with Crippen LogP contribution in [0.1, 0.15) is 160 Å². The molecule has 12 nitrogen and oxygen atoms in total. The molecule has 0 saturated heterocycles. The van der Waals surface area contributed by atoms with Gasteiger partial charge in [-0.25, -0.2) is 0 Å². The smallest absolute Gasteiger partial charge is 0.148 e. The molecule has 0 radical (unpaired) electrons. The molecular weight excluding hydrogens is 1030 g/mol. The van der Waals surface area contributed by atoms with Crippen LogP contribution in [0.2, 0.25) is 0 Å². The van der Waals surface area contributed by atoms with Crippen LogP contribution in [0.3, 0.4) is 0 Å². The van der Waals surface area contributed by atoms with Gasteiger partial charge in [-0.1, -0.05) is 200 Å². The average molecular weight is 1110 g/mol. The summed E-state index contributed by atoms with van der Waals surface area (Å²) < 4.78 is 0. The lowest BCUT2D eigenvalue weighted by Crippen LogP contribution is -2.45. The summed E-state index contributed by atoms with van der Waals surface area (Å²) in [7, 11) is 0. The summed E-state index contributed by atoms with van der Waals surface area (Å²) in [5.74, 6) is -0.120. The van der Waals surface area contributed by atoms with Gasteiger partial charge in [-0.05, 0) is 129 Å². The number of phenols is 3. The minimum Gasteiger partial charge on any atom is -0.505 e. The average Bonchev–Trinajstić information content (AvgIpc) is 3.38. The quantitative estimate of drug-likeness (QED) is 0.0832. The lowest BCUT2D eigenvalue weighted by molar-refractivity contribution is 0.283. The molecule has 0 amide bonds. The van der Waals surface area contributed by atoms with E-state index in [1.54, 1.807) is 0 Å². The third-order valence-corrected chi connectivity index (χ3v) is 16.9. The second-order valence-corrected chi connectivity index (χ2v) is 27.6. The fourth-order valence-electron chi connectivity index (χ4n) is 13.1. The molecule has 11 rings (SSSR count). The Balaban J connectivity index is 1.28. The molecule has 426 valence electrons. The molecule has 0 spiro atoms. The van der Waals surface area contributed by atoms with Gasteiger partial charge >= 0.3 is 0 Å². The fraction of sp³-hybridized carbons (Fsp3) is 0.324. The van der Waals surface area contributed by atoms with E-state index in [0.29, 0.717) is 50.3 Å². The van der Waals surface area contributed by atoms with Gasteiger partial charge in [0.1, 0.15) is 62.4 Å². The van der Waals surface area contributed by atoms with Crippen molar-refractivity contribution in [3.63, 3.8) is 0 Å². The number of rotatable bonds is 14. The number of benzene rings is 8. The molecule has 0 saturated carbocycles. The van der Waals surface area contributed by atoms with Crippen LogP contribution in [0.4, 0.5) is 17.1 Å². The van der Waals surface area contributed by atoms with Crippen LogP contribution in [0.25, 0.3) is 33.4 Å². The van der Waals surface area contributed by atoms with Gasteiger partial charge in [-0.15, -0.1) is 30.0 Å². The molecule has 0 aliphatic carbocycles. The Morgan fingerprint density at radius 3 is 1.20 bits per heavy atom. The van der Waals surface area contributed by atoms with Crippen LogP contribution < -0.4 is 15.6 Å². The maximum Gasteiger partial charge on any atom is 0.148 e. The highest BCUT2D eigenvalue weighted by atomic mass is 16.3. The highest BCUT2D eigenvalue weighted by Crippen LogP contribution is 2.55. The summed E-state index contributed by atoms with van der Waals surface area (Å²) in [6.07, 6.45) is 1.57. The standard InChI is InChI=1S/C71H79N9O3/c1-66(2,3)43-68(7,8)47-37-50(63(81)59(40-47)78-72-53-31-21-22-32-54(53)73-78)62(51-38-48(69(9,10)44-67(4,5)6)41-60(64(51)82)79-74-55-33-23-24-34-56(55)75-79)77-58-36-26-25-35-57(58)76-80(77)61-42-49(70(11,12)45-27-17-15-18-28-45)39-52(65(61)83)71(13,14)46-29-19-16-20-30-46/h15-42,62,76,81-83H,43-44H2,1-14H3. The molecule has 1 aliphatic rings. The number of para-hydroxylation sites is 2. The zero-order valence-corrected chi connectivity index (χ0v) is 50.6. The number of hydrogen-bond donors (Lipinski definition) is 4. The Hall–Kier alpha value is -8.64. The molecule has 0 bridgehead atoms. The Labute approximate surface area is 489 Å².